The van der Waals surface area contributed by atoms with Crippen LogP contribution in [-0.2, 0) is 0 Å². The third kappa shape index (κ3) is 2.01. The van der Waals surface area contributed by atoms with E-state index in [0.29, 0.717) is 11.3 Å². The second kappa shape index (κ2) is 4.85. The molecule has 0 saturated heterocycles. The van der Waals surface area contributed by atoms with E-state index >= 15 is 0 Å². The van der Waals surface area contributed by atoms with Gasteiger partial charge in [-0.2, -0.15) is 0 Å². The molecule has 0 saturated carbocycles. The van der Waals surface area contributed by atoms with E-state index in [4.69, 9.17) is 19.7 Å². The molecule has 0 bridgehead atoms. The molecule has 1 aromatic carbocycles. The minimum absolute atomic E-state index is 0.0107. The van der Waals surface area contributed by atoms with Gasteiger partial charge in [-0.15, -0.1) is 0 Å². The topological polar surface area (TPSA) is 70.5 Å². The highest BCUT2D eigenvalue weighted by Gasteiger charge is 2.21. The lowest BCUT2D eigenvalue weighted by molar-refractivity contribution is 0.337. The Hall–Kier alpha value is -1.76. The third-order valence-corrected chi connectivity index (χ3v) is 2.92. The lowest BCUT2D eigenvalue weighted by Gasteiger charge is -2.13. The zero-order valence-electron chi connectivity index (χ0n) is 9.66. The number of methoxy groups -OCH3 is 2. The van der Waals surface area contributed by atoms with Crippen molar-refractivity contribution in [3.05, 3.63) is 22.4 Å². The van der Waals surface area contributed by atoms with Crippen LogP contribution >= 0.6 is 15.9 Å². The van der Waals surface area contributed by atoms with E-state index in [-0.39, 0.29) is 21.9 Å². The highest BCUT2D eigenvalue weighted by atomic mass is 79.9. The molecule has 0 atom stereocenters. The highest BCUT2D eigenvalue weighted by Crippen LogP contribution is 2.43. The summed E-state index contributed by atoms with van der Waals surface area (Å²) in [6.07, 6.45) is 0. The molecule has 1 aromatic heterocycles. The van der Waals surface area contributed by atoms with Crippen LogP contribution in [-0.4, -0.2) is 19.4 Å². The number of halogens is 2. The maximum absolute atomic E-state index is 13.8. The van der Waals surface area contributed by atoms with E-state index < -0.39 is 5.82 Å². The number of hydrogen-bond donors (Lipinski definition) is 1. The van der Waals surface area contributed by atoms with E-state index in [2.05, 4.69) is 21.1 Å². The van der Waals surface area contributed by atoms with Crippen molar-refractivity contribution in [1.82, 2.24) is 5.16 Å². The third-order valence-electron chi connectivity index (χ3n) is 2.34. The normalized spacial score (nSPS) is 10.4. The molecule has 2 N–H and O–H groups in total. The fourth-order valence-corrected chi connectivity index (χ4v) is 1.99. The van der Waals surface area contributed by atoms with Gasteiger partial charge in [-0.1, -0.05) is 5.16 Å². The summed E-state index contributed by atoms with van der Waals surface area (Å²) in [7, 11) is 2.77. The molecule has 0 spiro atoms. The van der Waals surface area contributed by atoms with Gasteiger partial charge in [-0.05, 0) is 22.0 Å². The lowest BCUT2D eigenvalue weighted by atomic mass is 10.1. The van der Waals surface area contributed by atoms with Crippen LogP contribution < -0.4 is 15.2 Å². The van der Waals surface area contributed by atoms with Gasteiger partial charge in [0.25, 0.3) is 0 Å². The van der Waals surface area contributed by atoms with E-state index in [9.17, 15) is 4.39 Å². The van der Waals surface area contributed by atoms with Crippen LogP contribution in [0.15, 0.2) is 21.1 Å². The Morgan fingerprint density at radius 2 is 1.94 bits per heavy atom. The Morgan fingerprint density at radius 3 is 2.44 bits per heavy atom. The van der Waals surface area contributed by atoms with Crippen molar-refractivity contribution < 1.29 is 18.4 Å². The maximum atomic E-state index is 13.8. The van der Waals surface area contributed by atoms with Crippen molar-refractivity contribution in [2.45, 2.75) is 0 Å². The van der Waals surface area contributed by atoms with Crippen molar-refractivity contribution in [3.8, 4) is 22.8 Å². The minimum atomic E-state index is -0.547. The zero-order chi connectivity index (χ0) is 13.3. The molecule has 0 unspecified atom stereocenters. The smallest absolute Gasteiger partial charge is 0.222 e. The van der Waals surface area contributed by atoms with Gasteiger partial charge < -0.3 is 19.7 Å². The summed E-state index contributed by atoms with van der Waals surface area (Å²) in [5.74, 6) is -0.170. The van der Waals surface area contributed by atoms with Crippen molar-refractivity contribution in [1.29, 1.82) is 0 Å². The zero-order valence-corrected chi connectivity index (χ0v) is 11.2. The number of aromatic nitrogens is 1. The first-order chi connectivity index (χ1) is 8.58. The number of ether oxygens (including phenoxy) is 2. The summed E-state index contributed by atoms with van der Waals surface area (Å²) in [5, 5.41) is 3.76. The second-order valence-corrected chi connectivity index (χ2v) is 4.26. The molecule has 5 nitrogen and oxygen atoms in total. The van der Waals surface area contributed by atoms with E-state index in [1.807, 2.05) is 0 Å². The Morgan fingerprint density at radius 1 is 1.28 bits per heavy atom. The average molecular weight is 317 g/mol. The van der Waals surface area contributed by atoms with Crippen molar-refractivity contribution in [2.24, 2.45) is 0 Å². The Balaban J connectivity index is 2.70. The fraction of sp³-hybridized carbons (Fsp3) is 0.182. The molecule has 0 radical (unpaired) electrons. The van der Waals surface area contributed by atoms with Gasteiger partial charge in [0, 0.05) is 6.07 Å². The SMILES string of the molecule is COc1c(-c2cc(N)on2)cc(Br)c(F)c1OC. The number of benzene rings is 1. The van der Waals surface area contributed by atoms with Gasteiger partial charge in [-0.25, -0.2) is 4.39 Å². The van der Waals surface area contributed by atoms with Crippen LogP contribution in [0.5, 0.6) is 11.5 Å². The maximum Gasteiger partial charge on any atom is 0.222 e. The van der Waals surface area contributed by atoms with Crippen molar-refractivity contribution >= 4 is 21.8 Å². The number of nitrogens with zero attached hydrogens (tertiary/aromatic N) is 1. The van der Waals surface area contributed by atoms with Crippen LogP contribution in [0.2, 0.25) is 0 Å². The van der Waals surface area contributed by atoms with Gasteiger partial charge >= 0.3 is 0 Å². The number of nitrogens with two attached hydrogens (primary N) is 1. The summed E-state index contributed by atoms with van der Waals surface area (Å²) >= 11 is 3.10. The molecule has 0 aliphatic rings. The van der Waals surface area contributed by atoms with Crippen LogP contribution in [0.4, 0.5) is 10.3 Å². The van der Waals surface area contributed by atoms with Gasteiger partial charge in [0.05, 0.1) is 24.3 Å². The lowest BCUT2D eigenvalue weighted by Crippen LogP contribution is -1.97. The molecule has 96 valence electrons. The first kappa shape index (κ1) is 12.7. The molecule has 0 aliphatic carbocycles. The predicted octanol–water partition coefficient (Wildman–Crippen LogP) is 2.84. The first-order valence-electron chi connectivity index (χ1n) is 4.91. The van der Waals surface area contributed by atoms with E-state index in [1.165, 1.54) is 26.4 Å². The van der Waals surface area contributed by atoms with Crippen molar-refractivity contribution in [2.75, 3.05) is 20.0 Å². The van der Waals surface area contributed by atoms with Gasteiger partial charge in [-0.3, -0.25) is 0 Å². The first-order valence-corrected chi connectivity index (χ1v) is 5.70. The molecule has 2 aromatic rings. The molecule has 0 aliphatic heterocycles. The molecule has 18 heavy (non-hydrogen) atoms. The standard InChI is InChI=1S/C11H10BrFN2O3/c1-16-10-5(7-4-8(14)18-15-7)3-6(12)9(13)11(10)17-2/h3-4H,14H2,1-2H3. The average Bonchev–Trinajstić information content (AvgIpc) is 2.78. The van der Waals surface area contributed by atoms with Gasteiger partial charge in [0.15, 0.2) is 17.3 Å². The van der Waals surface area contributed by atoms with Crippen LogP contribution in [0, 0.1) is 5.82 Å². The van der Waals surface area contributed by atoms with E-state index in [0.717, 1.165) is 0 Å². The molecular weight excluding hydrogens is 307 g/mol. The fourth-order valence-electron chi connectivity index (χ4n) is 1.58. The Labute approximate surface area is 111 Å². The van der Waals surface area contributed by atoms with Crippen LogP contribution in [0.1, 0.15) is 0 Å². The monoisotopic (exact) mass is 316 g/mol. The molecule has 0 fully saturated rings. The molecule has 0 amide bonds. The molecule has 2 rings (SSSR count). The molecule has 7 heteroatoms. The summed E-state index contributed by atoms with van der Waals surface area (Å²) in [6, 6.07) is 3.04. The quantitative estimate of drug-likeness (QED) is 0.942. The molecular formula is C11H10BrFN2O3. The highest BCUT2D eigenvalue weighted by molar-refractivity contribution is 9.10. The van der Waals surface area contributed by atoms with Crippen LogP contribution in [0.3, 0.4) is 0 Å². The van der Waals surface area contributed by atoms with Crippen LogP contribution in [0.25, 0.3) is 11.3 Å². The van der Waals surface area contributed by atoms with Gasteiger partial charge in [0.2, 0.25) is 5.88 Å². The summed E-state index contributed by atoms with van der Waals surface area (Å²) in [5.41, 5.74) is 6.41. The summed E-state index contributed by atoms with van der Waals surface area (Å²) < 4.78 is 29.0. The predicted molar refractivity (Wildman–Crippen MR) is 67.1 cm³/mol. The van der Waals surface area contributed by atoms with Gasteiger partial charge in [0.1, 0.15) is 5.69 Å². The number of hydrogen-bond acceptors (Lipinski definition) is 5. The number of anilines is 1. The minimum Gasteiger partial charge on any atom is -0.492 e. The van der Waals surface area contributed by atoms with E-state index in [1.54, 1.807) is 0 Å². The Kier molecular flexibility index (Phi) is 3.42. The largest absolute Gasteiger partial charge is 0.492 e. The van der Waals surface area contributed by atoms with Crippen molar-refractivity contribution in [3.63, 3.8) is 0 Å². The number of nitrogen functional groups attached to an aromatic ring is 1. The number of rotatable bonds is 3. The summed E-state index contributed by atoms with van der Waals surface area (Å²) in [6.45, 7) is 0. The second-order valence-electron chi connectivity index (χ2n) is 3.40. The summed E-state index contributed by atoms with van der Waals surface area (Å²) in [4.78, 5) is 0. The Bertz CT molecular complexity index is 586. The molecule has 1 heterocycles.